The number of benzene rings is 1. The molecule has 8 nitrogen and oxygen atoms in total. The van der Waals surface area contributed by atoms with E-state index in [2.05, 4.69) is 30.5 Å². The van der Waals surface area contributed by atoms with Gasteiger partial charge in [-0.2, -0.15) is 23.1 Å². The first-order valence-electron chi connectivity index (χ1n) is 10.9. The largest absolute Gasteiger partial charge is 0.508 e. The predicted molar refractivity (Wildman–Crippen MR) is 123 cm³/mol. The van der Waals surface area contributed by atoms with Gasteiger partial charge >= 0.3 is 6.18 Å². The number of fused-ring (bicyclic) bond motifs is 1. The number of aromatic nitrogens is 4. The molecular formula is C23H22F3N7O. The lowest BCUT2D eigenvalue weighted by molar-refractivity contribution is -0.137. The van der Waals surface area contributed by atoms with E-state index in [1.807, 2.05) is 35.0 Å². The number of phenolic OH excluding ortho intramolecular Hbond substituents is 1. The molecule has 1 aliphatic heterocycles. The number of hydrogen-bond acceptors (Lipinski definition) is 7. The number of nitrogens with zero attached hydrogens (tertiary/aromatic N) is 5. The van der Waals surface area contributed by atoms with E-state index in [1.54, 1.807) is 6.20 Å². The number of anilines is 5. The van der Waals surface area contributed by atoms with Crippen LogP contribution in [-0.4, -0.2) is 37.5 Å². The summed E-state index contributed by atoms with van der Waals surface area (Å²) in [6.45, 7) is 1.67. The SMILES string of the molecule is Oc1cc(Nc2nc(Nc3ccn4ccnc4c3)cc(N3CCCCC3)n2)cc(C(F)(F)F)c1. The molecule has 1 aromatic carbocycles. The van der Waals surface area contributed by atoms with Crippen LogP contribution in [0.3, 0.4) is 0 Å². The molecule has 11 heteroatoms. The van der Waals surface area contributed by atoms with Crippen LogP contribution in [0.2, 0.25) is 0 Å². The highest BCUT2D eigenvalue weighted by atomic mass is 19.4. The summed E-state index contributed by atoms with van der Waals surface area (Å²) in [6, 6.07) is 8.34. The zero-order chi connectivity index (χ0) is 23.7. The van der Waals surface area contributed by atoms with Gasteiger partial charge in [0.15, 0.2) is 0 Å². The summed E-state index contributed by atoms with van der Waals surface area (Å²) in [5, 5.41) is 15.9. The molecule has 0 atom stereocenters. The van der Waals surface area contributed by atoms with Crippen molar-refractivity contribution in [2.24, 2.45) is 0 Å². The summed E-state index contributed by atoms with van der Waals surface area (Å²) in [5.41, 5.74) is 0.583. The van der Waals surface area contributed by atoms with Crippen LogP contribution in [0.15, 0.2) is 55.0 Å². The minimum atomic E-state index is -4.59. The Bertz CT molecular complexity index is 1320. The van der Waals surface area contributed by atoms with Gasteiger partial charge in [-0.3, -0.25) is 0 Å². The highest BCUT2D eigenvalue weighted by molar-refractivity contribution is 5.67. The molecule has 0 amide bonds. The van der Waals surface area contributed by atoms with Crippen LogP contribution in [0.25, 0.3) is 5.65 Å². The van der Waals surface area contributed by atoms with E-state index < -0.39 is 17.5 Å². The standard InChI is InChI=1S/C23H22F3N7O/c24-23(25,26)15-10-17(12-18(34)11-15)29-22-30-19(14-21(31-22)32-6-2-1-3-7-32)28-16-4-8-33-9-5-27-20(33)13-16/h4-5,8-14,34H,1-3,6-7H2,(H2,28,29,30,31). The first kappa shape index (κ1) is 21.8. The molecule has 1 saturated heterocycles. The Balaban J connectivity index is 1.49. The monoisotopic (exact) mass is 469 g/mol. The number of nitrogens with one attached hydrogen (secondary N) is 2. The van der Waals surface area contributed by atoms with Gasteiger partial charge in [0.05, 0.1) is 5.56 Å². The minimum Gasteiger partial charge on any atom is -0.508 e. The fourth-order valence-corrected chi connectivity index (χ4v) is 3.95. The second kappa shape index (κ2) is 8.73. The fraction of sp³-hybridized carbons (Fsp3) is 0.261. The van der Waals surface area contributed by atoms with Crippen molar-refractivity contribution in [3.8, 4) is 5.75 Å². The fourth-order valence-electron chi connectivity index (χ4n) is 3.95. The normalized spacial score (nSPS) is 14.4. The van der Waals surface area contributed by atoms with Gasteiger partial charge in [-0.1, -0.05) is 0 Å². The van der Waals surface area contributed by atoms with E-state index in [-0.39, 0.29) is 11.6 Å². The van der Waals surface area contributed by atoms with E-state index in [1.165, 1.54) is 6.07 Å². The Hall–Kier alpha value is -4.02. The maximum absolute atomic E-state index is 13.2. The lowest BCUT2D eigenvalue weighted by Crippen LogP contribution is -2.30. The van der Waals surface area contributed by atoms with Gasteiger partial charge in [0.2, 0.25) is 5.95 Å². The highest BCUT2D eigenvalue weighted by Crippen LogP contribution is 2.35. The smallest absolute Gasteiger partial charge is 0.416 e. The Labute approximate surface area is 193 Å². The van der Waals surface area contributed by atoms with E-state index in [9.17, 15) is 18.3 Å². The van der Waals surface area contributed by atoms with E-state index in [0.29, 0.717) is 17.7 Å². The van der Waals surface area contributed by atoms with Gasteiger partial charge in [-0.05, 0) is 37.5 Å². The van der Waals surface area contributed by atoms with Crippen molar-refractivity contribution >= 4 is 34.6 Å². The first-order valence-corrected chi connectivity index (χ1v) is 10.9. The molecule has 34 heavy (non-hydrogen) atoms. The van der Waals surface area contributed by atoms with Gasteiger partial charge in [0, 0.05) is 61.3 Å². The molecule has 5 rings (SSSR count). The average Bonchev–Trinajstić information content (AvgIpc) is 3.26. The van der Waals surface area contributed by atoms with Gasteiger partial charge in [0.25, 0.3) is 0 Å². The van der Waals surface area contributed by atoms with Gasteiger partial charge in [0.1, 0.15) is 23.0 Å². The number of rotatable bonds is 5. The minimum absolute atomic E-state index is 0.0351. The predicted octanol–water partition coefficient (Wildman–Crippen LogP) is 5.33. The van der Waals surface area contributed by atoms with Gasteiger partial charge < -0.3 is 25.0 Å². The summed E-state index contributed by atoms with van der Waals surface area (Å²) in [4.78, 5) is 15.4. The summed E-state index contributed by atoms with van der Waals surface area (Å²) < 4.78 is 41.5. The molecule has 0 bridgehead atoms. The van der Waals surface area contributed by atoms with Gasteiger partial charge in [-0.25, -0.2) is 4.98 Å². The number of piperidine rings is 1. The second-order valence-electron chi connectivity index (χ2n) is 8.11. The third-order valence-corrected chi connectivity index (χ3v) is 5.56. The lowest BCUT2D eigenvalue weighted by atomic mass is 10.1. The molecule has 4 aromatic rings. The molecule has 3 N–H and O–H groups in total. The van der Waals surface area contributed by atoms with E-state index >= 15 is 0 Å². The van der Waals surface area contributed by atoms with Crippen LogP contribution in [0.5, 0.6) is 5.75 Å². The van der Waals surface area contributed by atoms with Gasteiger partial charge in [-0.15, -0.1) is 0 Å². The maximum Gasteiger partial charge on any atom is 0.416 e. The summed E-state index contributed by atoms with van der Waals surface area (Å²) in [6.07, 6.45) is 4.02. The van der Waals surface area contributed by atoms with Crippen molar-refractivity contribution in [2.75, 3.05) is 28.6 Å². The average molecular weight is 469 g/mol. The van der Waals surface area contributed by atoms with Crippen molar-refractivity contribution in [1.82, 2.24) is 19.4 Å². The zero-order valence-corrected chi connectivity index (χ0v) is 18.0. The Morgan fingerprint density at radius 1 is 0.882 bits per heavy atom. The summed E-state index contributed by atoms with van der Waals surface area (Å²) >= 11 is 0. The van der Waals surface area contributed by atoms with Crippen LogP contribution < -0.4 is 15.5 Å². The van der Waals surface area contributed by atoms with Crippen LogP contribution >= 0.6 is 0 Å². The molecule has 0 saturated carbocycles. The molecule has 3 aromatic heterocycles. The van der Waals surface area contributed by atoms with E-state index in [0.717, 1.165) is 49.8 Å². The topological polar surface area (TPSA) is 90.6 Å². The Morgan fingerprint density at radius 3 is 2.50 bits per heavy atom. The maximum atomic E-state index is 13.2. The zero-order valence-electron chi connectivity index (χ0n) is 18.0. The van der Waals surface area contributed by atoms with Crippen LogP contribution in [0, 0.1) is 0 Å². The molecule has 0 spiro atoms. The number of imidazole rings is 1. The summed E-state index contributed by atoms with van der Waals surface area (Å²) in [5.74, 6) is 0.755. The number of phenols is 1. The Kier molecular flexibility index (Phi) is 5.60. The molecule has 0 aliphatic carbocycles. The Morgan fingerprint density at radius 2 is 1.71 bits per heavy atom. The number of alkyl halides is 3. The van der Waals surface area contributed by atoms with Crippen molar-refractivity contribution < 1.29 is 18.3 Å². The third-order valence-electron chi connectivity index (χ3n) is 5.56. The first-order chi connectivity index (χ1) is 16.3. The van der Waals surface area contributed by atoms with Crippen LogP contribution in [-0.2, 0) is 6.18 Å². The third kappa shape index (κ3) is 4.82. The second-order valence-corrected chi connectivity index (χ2v) is 8.11. The number of aromatic hydroxyl groups is 1. The van der Waals surface area contributed by atoms with Crippen molar-refractivity contribution in [1.29, 1.82) is 0 Å². The molecule has 176 valence electrons. The number of halogens is 3. The summed E-state index contributed by atoms with van der Waals surface area (Å²) in [7, 11) is 0. The van der Waals surface area contributed by atoms with Crippen molar-refractivity contribution in [3.63, 3.8) is 0 Å². The molecule has 0 radical (unpaired) electrons. The molecule has 0 unspecified atom stereocenters. The number of pyridine rings is 1. The number of hydrogen-bond donors (Lipinski definition) is 3. The van der Waals surface area contributed by atoms with Crippen LogP contribution in [0.4, 0.5) is 42.1 Å². The lowest BCUT2D eigenvalue weighted by Gasteiger charge is -2.28. The van der Waals surface area contributed by atoms with Crippen LogP contribution in [0.1, 0.15) is 24.8 Å². The van der Waals surface area contributed by atoms with Crippen molar-refractivity contribution in [3.05, 3.63) is 60.6 Å². The highest BCUT2D eigenvalue weighted by Gasteiger charge is 2.31. The van der Waals surface area contributed by atoms with Crippen molar-refractivity contribution in [2.45, 2.75) is 25.4 Å². The molecular weight excluding hydrogens is 447 g/mol. The molecule has 4 heterocycles. The van der Waals surface area contributed by atoms with E-state index in [4.69, 9.17) is 0 Å². The molecule has 1 aliphatic rings. The molecule has 1 fully saturated rings. The quantitative estimate of drug-likeness (QED) is 0.364.